The molecule has 1 aromatic rings. The second-order valence-corrected chi connectivity index (χ2v) is 5.76. The van der Waals surface area contributed by atoms with Gasteiger partial charge in [0.05, 0.1) is 0 Å². The lowest BCUT2D eigenvalue weighted by Crippen LogP contribution is -2.02. The molecule has 1 aromatic heterocycles. The minimum atomic E-state index is 0.597. The topological polar surface area (TPSA) is 52.0 Å². The lowest BCUT2D eigenvalue weighted by Gasteiger charge is -2.08. The Hall–Kier alpha value is -0.990. The predicted octanol–water partition coefficient (Wildman–Crippen LogP) is 3.58. The van der Waals surface area contributed by atoms with E-state index >= 15 is 0 Å². The molecule has 17 heavy (non-hydrogen) atoms. The summed E-state index contributed by atoms with van der Waals surface area (Å²) in [5.74, 6) is 3.12. The van der Waals surface area contributed by atoms with E-state index in [9.17, 15) is 0 Å². The molecule has 2 rings (SSSR count). The minimum Gasteiger partial charge on any atom is -0.381 e. The summed E-state index contributed by atoms with van der Waals surface area (Å²) >= 11 is 0. The first-order valence-electron chi connectivity index (χ1n) is 6.89. The molecule has 0 bridgehead atoms. The minimum absolute atomic E-state index is 0.597. The average Bonchev–Trinajstić information content (AvgIpc) is 2.88. The van der Waals surface area contributed by atoms with Crippen molar-refractivity contribution in [2.45, 2.75) is 58.8 Å². The second-order valence-electron chi connectivity index (χ2n) is 5.76. The number of nitrogens with two attached hydrogens (primary N) is 1. The van der Waals surface area contributed by atoms with Gasteiger partial charge in [0, 0.05) is 12.0 Å². The third-order valence-corrected chi connectivity index (χ3v) is 3.77. The van der Waals surface area contributed by atoms with Crippen molar-refractivity contribution in [3.63, 3.8) is 0 Å². The number of aromatic nitrogens is 1. The van der Waals surface area contributed by atoms with Crippen molar-refractivity contribution in [2.75, 3.05) is 5.73 Å². The van der Waals surface area contributed by atoms with Gasteiger partial charge >= 0.3 is 0 Å². The van der Waals surface area contributed by atoms with Crippen LogP contribution >= 0.6 is 0 Å². The molecule has 1 heterocycles. The zero-order chi connectivity index (χ0) is 12.3. The van der Waals surface area contributed by atoms with Crippen molar-refractivity contribution in [3.8, 4) is 0 Å². The molecule has 1 aliphatic rings. The SMILES string of the molecule is CC(C)Cc1c(N)noc1CCC1CCCC1. The second kappa shape index (κ2) is 5.56. The summed E-state index contributed by atoms with van der Waals surface area (Å²) < 4.78 is 5.38. The van der Waals surface area contributed by atoms with E-state index in [1.165, 1.54) is 32.1 Å². The first-order valence-corrected chi connectivity index (χ1v) is 6.89. The van der Waals surface area contributed by atoms with Crippen molar-refractivity contribution in [3.05, 3.63) is 11.3 Å². The van der Waals surface area contributed by atoms with Crippen LogP contribution < -0.4 is 5.73 Å². The number of nitrogens with zero attached hydrogens (tertiary/aromatic N) is 1. The van der Waals surface area contributed by atoms with E-state index in [1.54, 1.807) is 0 Å². The molecule has 0 spiro atoms. The highest BCUT2D eigenvalue weighted by Gasteiger charge is 2.19. The van der Waals surface area contributed by atoms with Crippen LogP contribution in [-0.2, 0) is 12.8 Å². The van der Waals surface area contributed by atoms with Gasteiger partial charge in [-0.2, -0.15) is 0 Å². The van der Waals surface area contributed by atoms with E-state index in [0.29, 0.717) is 11.7 Å². The Morgan fingerprint density at radius 2 is 2.06 bits per heavy atom. The number of aryl methyl sites for hydroxylation is 1. The Morgan fingerprint density at radius 3 is 2.71 bits per heavy atom. The summed E-state index contributed by atoms with van der Waals surface area (Å²) in [5.41, 5.74) is 7.02. The number of nitrogen functional groups attached to an aromatic ring is 1. The maximum Gasteiger partial charge on any atom is 0.170 e. The monoisotopic (exact) mass is 236 g/mol. The quantitative estimate of drug-likeness (QED) is 0.850. The highest BCUT2D eigenvalue weighted by atomic mass is 16.5. The van der Waals surface area contributed by atoms with Gasteiger partial charge < -0.3 is 10.3 Å². The van der Waals surface area contributed by atoms with Gasteiger partial charge in [0.2, 0.25) is 0 Å². The van der Waals surface area contributed by atoms with E-state index in [1.807, 2.05) is 0 Å². The Morgan fingerprint density at radius 1 is 1.35 bits per heavy atom. The number of hydrogen-bond donors (Lipinski definition) is 1. The number of rotatable bonds is 5. The van der Waals surface area contributed by atoms with Gasteiger partial charge in [-0.15, -0.1) is 0 Å². The molecule has 0 aliphatic heterocycles. The van der Waals surface area contributed by atoms with Crippen molar-refractivity contribution in [1.29, 1.82) is 0 Å². The van der Waals surface area contributed by atoms with Gasteiger partial charge in [0.25, 0.3) is 0 Å². The molecule has 0 radical (unpaired) electrons. The Bertz CT molecular complexity index is 351. The van der Waals surface area contributed by atoms with Crippen LogP contribution in [0.25, 0.3) is 0 Å². The standard InChI is InChI=1S/C14H24N2O/c1-10(2)9-12-13(17-16-14(12)15)8-7-11-5-3-4-6-11/h10-11H,3-9H2,1-2H3,(H2,15,16). The van der Waals surface area contributed by atoms with E-state index in [0.717, 1.165) is 30.1 Å². The normalized spacial score (nSPS) is 17.1. The van der Waals surface area contributed by atoms with Crippen LogP contribution in [0.1, 0.15) is 57.3 Å². The number of anilines is 1. The Labute approximate surface area is 104 Å². The van der Waals surface area contributed by atoms with Crippen LogP contribution in [0.15, 0.2) is 4.52 Å². The molecular weight excluding hydrogens is 212 g/mol. The largest absolute Gasteiger partial charge is 0.381 e. The van der Waals surface area contributed by atoms with Gasteiger partial charge in [-0.3, -0.25) is 0 Å². The smallest absolute Gasteiger partial charge is 0.170 e. The number of hydrogen-bond acceptors (Lipinski definition) is 3. The molecule has 1 aliphatic carbocycles. The summed E-state index contributed by atoms with van der Waals surface area (Å²) in [6.07, 6.45) is 8.82. The van der Waals surface area contributed by atoms with E-state index in [2.05, 4.69) is 19.0 Å². The third kappa shape index (κ3) is 3.24. The van der Waals surface area contributed by atoms with E-state index in [-0.39, 0.29) is 0 Å². The van der Waals surface area contributed by atoms with E-state index in [4.69, 9.17) is 10.3 Å². The fourth-order valence-corrected chi connectivity index (χ4v) is 2.81. The molecule has 1 fully saturated rings. The van der Waals surface area contributed by atoms with Gasteiger partial charge in [0.15, 0.2) is 5.82 Å². The van der Waals surface area contributed by atoms with Gasteiger partial charge in [0.1, 0.15) is 5.76 Å². The summed E-state index contributed by atoms with van der Waals surface area (Å²) in [6, 6.07) is 0. The Kier molecular flexibility index (Phi) is 4.08. The molecule has 1 saturated carbocycles. The molecule has 0 amide bonds. The van der Waals surface area contributed by atoms with Crippen LogP contribution in [0.5, 0.6) is 0 Å². The molecular formula is C14H24N2O. The summed E-state index contributed by atoms with van der Waals surface area (Å²) in [7, 11) is 0. The zero-order valence-electron chi connectivity index (χ0n) is 11.0. The maximum absolute atomic E-state index is 5.87. The van der Waals surface area contributed by atoms with Crippen molar-refractivity contribution < 1.29 is 4.52 Å². The summed E-state index contributed by atoms with van der Waals surface area (Å²) in [4.78, 5) is 0. The molecule has 0 atom stereocenters. The third-order valence-electron chi connectivity index (χ3n) is 3.77. The molecule has 3 heteroatoms. The highest BCUT2D eigenvalue weighted by molar-refractivity contribution is 5.40. The first kappa shape index (κ1) is 12.5. The van der Waals surface area contributed by atoms with Crippen LogP contribution in [0.4, 0.5) is 5.82 Å². The maximum atomic E-state index is 5.87. The van der Waals surface area contributed by atoms with Gasteiger partial charge in [-0.05, 0) is 24.7 Å². The molecule has 2 N–H and O–H groups in total. The molecule has 0 aromatic carbocycles. The molecule has 0 unspecified atom stereocenters. The van der Waals surface area contributed by atoms with Gasteiger partial charge in [-0.25, -0.2) is 0 Å². The lowest BCUT2D eigenvalue weighted by atomic mass is 9.97. The van der Waals surface area contributed by atoms with Crippen LogP contribution in [0.2, 0.25) is 0 Å². The van der Waals surface area contributed by atoms with Crippen molar-refractivity contribution >= 4 is 5.82 Å². The fraction of sp³-hybridized carbons (Fsp3) is 0.786. The van der Waals surface area contributed by atoms with Crippen LogP contribution in [-0.4, -0.2) is 5.16 Å². The lowest BCUT2D eigenvalue weighted by molar-refractivity contribution is 0.366. The van der Waals surface area contributed by atoms with E-state index < -0.39 is 0 Å². The molecule has 0 saturated heterocycles. The van der Waals surface area contributed by atoms with Crippen LogP contribution in [0.3, 0.4) is 0 Å². The zero-order valence-corrected chi connectivity index (χ0v) is 11.0. The molecule has 96 valence electrons. The van der Waals surface area contributed by atoms with Gasteiger partial charge in [-0.1, -0.05) is 44.7 Å². The fourth-order valence-electron chi connectivity index (χ4n) is 2.81. The Balaban J connectivity index is 1.94. The predicted molar refractivity (Wildman–Crippen MR) is 69.7 cm³/mol. The van der Waals surface area contributed by atoms with Crippen LogP contribution in [0, 0.1) is 11.8 Å². The summed E-state index contributed by atoms with van der Waals surface area (Å²) in [6.45, 7) is 4.40. The highest BCUT2D eigenvalue weighted by Crippen LogP contribution is 2.30. The van der Waals surface area contributed by atoms with Crippen molar-refractivity contribution in [1.82, 2.24) is 5.16 Å². The first-order chi connectivity index (χ1) is 8.16. The van der Waals surface area contributed by atoms with Crippen molar-refractivity contribution in [2.24, 2.45) is 11.8 Å². The average molecular weight is 236 g/mol. The summed E-state index contributed by atoms with van der Waals surface area (Å²) in [5, 5.41) is 3.92. The molecule has 3 nitrogen and oxygen atoms in total.